The fourth-order valence-electron chi connectivity index (χ4n) is 4.53. The van der Waals surface area contributed by atoms with Gasteiger partial charge in [0.2, 0.25) is 0 Å². The lowest BCUT2D eigenvalue weighted by molar-refractivity contribution is -0.143. The van der Waals surface area contributed by atoms with Gasteiger partial charge in [-0.15, -0.1) is 0 Å². The molecule has 1 spiro atoms. The average molecular weight is 436 g/mol. The van der Waals surface area contributed by atoms with Gasteiger partial charge >= 0.3 is 0 Å². The summed E-state index contributed by atoms with van der Waals surface area (Å²) in [5.74, 6) is -2.02. The van der Waals surface area contributed by atoms with Gasteiger partial charge in [0.25, 0.3) is 17.6 Å². The predicted octanol–water partition coefficient (Wildman–Crippen LogP) is 2.28. The van der Waals surface area contributed by atoms with Gasteiger partial charge in [-0.25, -0.2) is 0 Å². The van der Waals surface area contributed by atoms with Gasteiger partial charge in [-0.1, -0.05) is 18.2 Å². The minimum absolute atomic E-state index is 0.117. The molecule has 2 amide bonds. The summed E-state index contributed by atoms with van der Waals surface area (Å²) < 4.78 is 10.3. The van der Waals surface area contributed by atoms with Gasteiger partial charge in [-0.2, -0.15) is 0 Å². The third kappa shape index (κ3) is 2.90. The monoisotopic (exact) mass is 436 g/mol. The Kier molecular flexibility index (Phi) is 5.48. The van der Waals surface area contributed by atoms with Crippen molar-refractivity contribution in [2.75, 3.05) is 39.3 Å². The number of Topliss-reactive ketones (excluding diaryl/α,β-unsaturated/α-hetero) is 1. The first-order chi connectivity index (χ1) is 15.4. The molecule has 166 valence electrons. The molecule has 0 bridgehead atoms. The van der Waals surface area contributed by atoms with E-state index in [9.17, 15) is 19.5 Å². The molecule has 0 aromatic heterocycles. The number of ketones is 1. The zero-order valence-electron chi connectivity index (χ0n) is 18.1. The van der Waals surface area contributed by atoms with Crippen molar-refractivity contribution >= 4 is 29.0 Å². The molecule has 2 heterocycles. The van der Waals surface area contributed by atoms with Gasteiger partial charge in [-0.05, 0) is 36.8 Å². The number of para-hydroxylation sites is 1. The number of methoxy groups -OCH3 is 2. The van der Waals surface area contributed by atoms with E-state index in [0.717, 1.165) is 0 Å². The first-order valence-corrected chi connectivity index (χ1v) is 10.2. The van der Waals surface area contributed by atoms with Crippen molar-refractivity contribution in [2.24, 2.45) is 0 Å². The van der Waals surface area contributed by atoms with Crippen LogP contribution in [0.15, 0.2) is 54.1 Å². The second kappa shape index (κ2) is 8.12. The zero-order valence-corrected chi connectivity index (χ0v) is 18.1. The number of carbonyl (C=O) groups is 3. The Morgan fingerprint density at radius 2 is 1.72 bits per heavy atom. The topological polar surface area (TPSA) is 96.4 Å². The highest BCUT2D eigenvalue weighted by Gasteiger charge is 2.66. The number of fused-ring (bicyclic) bond motifs is 2. The molecule has 2 aliphatic rings. The van der Waals surface area contributed by atoms with Crippen LogP contribution in [0.25, 0.3) is 5.76 Å². The van der Waals surface area contributed by atoms with Gasteiger partial charge < -0.3 is 24.4 Å². The smallest absolute Gasteiger partial charge is 0.296 e. The number of benzene rings is 2. The number of carbonyl (C=O) groups excluding carboxylic acids is 3. The van der Waals surface area contributed by atoms with Crippen molar-refractivity contribution in [3.63, 3.8) is 0 Å². The van der Waals surface area contributed by atoms with E-state index in [0.29, 0.717) is 35.6 Å². The molecular weight excluding hydrogens is 412 g/mol. The van der Waals surface area contributed by atoms with Crippen molar-refractivity contribution < 1.29 is 29.0 Å². The van der Waals surface area contributed by atoms with Gasteiger partial charge in [0.05, 0.1) is 12.7 Å². The largest absolute Gasteiger partial charge is 0.507 e. The van der Waals surface area contributed by atoms with Crippen LogP contribution in [0.5, 0.6) is 5.75 Å². The van der Waals surface area contributed by atoms with E-state index in [1.54, 1.807) is 55.6 Å². The second-order valence-corrected chi connectivity index (χ2v) is 7.68. The normalized spacial score (nSPS) is 21.5. The van der Waals surface area contributed by atoms with Crippen LogP contribution in [0.4, 0.5) is 5.69 Å². The maximum atomic E-state index is 13.8. The number of likely N-dealkylation sites (tertiary alicyclic amines) is 1. The van der Waals surface area contributed by atoms with Gasteiger partial charge in [0.15, 0.2) is 5.54 Å². The molecule has 0 radical (unpaired) electrons. The van der Waals surface area contributed by atoms with Crippen LogP contribution in [-0.2, 0) is 24.7 Å². The molecule has 2 aromatic carbocycles. The van der Waals surface area contributed by atoms with Crippen molar-refractivity contribution in [1.82, 2.24) is 4.90 Å². The predicted molar refractivity (Wildman–Crippen MR) is 117 cm³/mol. The maximum Gasteiger partial charge on any atom is 0.296 e. The Hall–Kier alpha value is -3.65. The number of anilines is 1. The number of amides is 2. The molecule has 1 saturated heterocycles. The zero-order chi connectivity index (χ0) is 23.0. The van der Waals surface area contributed by atoms with E-state index in [2.05, 4.69) is 0 Å². The Labute approximate surface area is 185 Å². The molecular formula is C24H24N2O6. The van der Waals surface area contributed by atoms with Gasteiger partial charge in [0.1, 0.15) is 11.5 Å². The summed E-state index contributed by atoms with van der Waals surface area (Å²) in [6.07, 6.45) is 0.424. The molecule has 1 fully saturated rings. The first kappa shape index (κ1) is 21.6. The van der Waals surface area contributed by atoms with Crippen molar-refractivity contribution in [1.29, 1.82) is 0 Å². The number of aliphatic hydroxyl groups is 1. The third-order valence-corrected chi connectivity index (χ3v) is 6.03. The second-order valence-electron chi connectivity index (χ2n) is 7.68. The summed E-state index contributed by atoms with van der Waals surface area (Å²) in [4.78, 5) is 42.9. The van der Waals surface area contributed by atoms with Crippen LogP contribution in [0, 0.1) is 0 Å². The van der Waals surface area contributed by atoms with Crippen LogP contribution >= 0.6 is 0 Å². The Bertz CT molecular complexity index is 1120. The number of hydrogen-bond donors (Lipinski definition) is 1. The summed E-state index contributed by atoms with van der Waals surface area (Å²) in [6.45, 7) is 0.467. The molecule has 8 nitrogen and oxygen atoms in total. The number of hydrogen-bond acceptors (Lipinski definition) is 6. The minimum atomic E-state index is -1.74. The summed E-state index contributed by atoms with van der Waals surface area (Å²) in [6, 6.07) is 13.4. The van der Waals surface area contributed by atoms with E-state index in [1.165, 1.54) is 24.0 Å². The number of ether oxygens (including phenoxy) is 2. The molecule has 8 heteroatoms. The highest BCUT2D eigenvalue weighted by Crippen LogP contribution is 2.53. The quantitative estimate of drug-likeness (QED) is 0.323. The molecule has 32 heavy (non-hydrogen) atoms. The number of nitrogens with zero attached hydrogens (tertiary/aromatic N) is 2. The van der Waals surface area contributed by atoms with Crippen LogP contribution in [0.2, 0.25) is 0 Å². The van der Waals surface area contributed by atoms with Crippen LogP contribution < -0.4 is 9.64 Å². The number of rotatable bonds is 6. The molecule has 0 saturated carbocycles. The van der Waals surface area contributed by atoms with Gasteiger partial charge in [-0.3, -0.25) is 14.4 Å². The molecule has 2 aromatic rings. The molecule has 0 unspecified atom stereocenters. The molecule has 1 atom stereocenters. The summed E-state index contributed by atoms with van der Waals surface area (Å²) in [5.41, 5.74) is -0.597. The Morgan fingerprint density at radius 3 is 2.38 bits per heavy atom. The number of aliphatic hydroxyl groups excluding tert-OH is 1. The van der Waals surface area contributed by atoms with Crippen molar-refractivity contribution in [3.8, 4) is 5.75 Å². The highest BCUT2D eigenvalue weighted by molar-refractivity contribution is 6.50. The third-order valence-electron chi connectivity index (χ3n) is 6.03. The van der Waals surface area contributed by atoms with Crippen LogP contribution in [0.1, 0.15) is 17.5 Å². The summed E-state index contributed by atoms with van der Waals surface area (Å²) >= 11 is 0. The van der Waals surface area contributed by atoms with E-state index in [4.69, 9.17) is 9.47 Å². The highest BCUT2D eigenvalue weighted by atomic mass is 16.5. The summed E-state index contributed by atoms with van der Waals surface area (Å²) in [5, 5.41) is 11.3. The van der Waals surface area contributed by atoms with E-state index in [1.807, 2.05) is 0 Å². The molecule has 1 N–H and O–H groups in total. The SMILES string of the molecule is COCCCN1C(=O)C(=O)C(=C(O)c2ccc(OC)cc2)[C@]12C(=O)N(C)c1ccccc12. The number of likely N-dealkylation sites (N-methyl/N-ethyl adjacent to an activating group) is 1. The molecule has 2 aliphatic heterocycles. The standard InChI is InChI=1S/C24H24N2O6/c1-25-18-8-5-4-7-17(18)24(23(25)30)19(20(27)15-9-11-16(32-3)12-10-15)21(28)22(29)26(24)13-6-14-31-2/h4-5,7-12,27H,6,13-14H2,1-3H3/t24-/m1/s1. The fraction of sp³-hybridized carbons (Fsp3) is 0.292. The maximum absolute atomic E-state index is 13.8. The van der Waals surface area contributed by atoms with E-state index in [-0.39, 0.29) is 12.1 Å². The van der Waals surface area contributed by atoms with Crippen LogP contribution in [-0.4, -0.2) is 62.0 Å². The van der Waals surface area contributed by atoms with E-state index >= 15 is 0 Å². The van der Waals surface area contributed by atoms with E-state index < -0.39 is 28.9 Å². The Balaban J connectivity index is 1.99. The van der Waals surface area contributed by atoms with Crippen LogP contribution in [0.3, 0.4) is 0 Å². The molecule has 4 rings (SSSR count). The van der Waals surface area contributed by atoms with Crippen molar-refractivity contribution in [2.45, 2.75) is 12.0 Å². The lowest BCUT2D eigenvalue weighted by atomic mass is 9.82. The van der Waals surface area contributed by atoms with Gasteiger partial charge in [0, 0.05) is 44.1 Å². The van der Waals surface area contributed by atoms with Crippen molar-refractivity contribution in [3.05, 3.63) is 65.2 Å². The first-order valence-electron chi connectivity index (χ1n) is 10.2. The summed E-state index contributed by atoms with van der Waals surface area (Å²) in [7, 11) is 4.65. The minimum Gasteiger partial charge on any atom is -0.507 e. The fourth-order valence-corrected chi connectivity index (χ4v) is 4.53. The lowest BCUT2D eigenvalue weighted by Gasteiger charge is -2.34. The Morgan fingerprint density at radius 1 is 1.03 bits per heavy atom. The molecule has 0 aliphatic carbocycles. The average Bonchev–Trinajstić information content (AvgIpc) is 3.17. The lowest BCUT2D eigenvalue weighted by Crippen LogP contribution is -2.51.